The second-order valence-electron chi connectivity index (χ2n) is 4.63. The number of hydrogen-bond donors (Lipinski definition) is 2. The van der Waals surface area contributed by atoms with Crippen molar-refractivity contribution in [3.8, 4) is 0 Å². The average Bonchev–Trinajstić information content (AvgIpc) is 2.47. The molecule has 2 rings (SSSR count). The molecule has 0 heterocycles. The summed E-state index contributed by atoms with van der Waals surface area (Å²) in [6.45, 7) is 0. The molecule has 4 nitrogen and oxygen atoms in total. The first-order valence-corrected chi connectivity index (χ1v) is 7.25. The Morgan fingerprint density at radius 3 is 2.43 bits per heavy atom. The zero-order valence-electron chi connectivity index (χ0n) is 11.3. The molecule has 0 aliphatic carbocycles. The van der Waals surface area contributed by atoms with Crippen LogP contribution in [0.25, 0.3) is 0 Å². The van der Waals surface area contributed by atoms with Crippen molar-refractivity contribution in [3.63, 3.8) is 0 Å². The van der Waals surface area contributed by atoms with Crippen molar-refractivity contribution in [1.29, 1.82) is 0 Å². The minimum atomic E-state index is -0.737. The van der Waals surface area contributed by atoms with Crippen LogP contribution in [-0.2, 0) is 11.2 Å². The third kappa shape index (κ3) is 4.43. The fourth-order valence-electron chi connectivity index (χ4n) is 1.94. The molecular weight excluding hydrogens is 332 g/mol. The summed E-state index contributed by atoms with van der Waals surface area (Å²) in [6, 6.07) is 15.6. The lowest BCUT2D eigenvalue weighted by molar-refractivity contribution is -0.119. The third-order valence-electron chi connectivity index (χ3n) is 3.02. The molecule has 2 amide bonds. The predicted molar refractivity (Wildman–Crippen MR) is 84.7 cm³/mol. The molecule has 5 heteroatoms. The van der Waals surface area contributed by atoms with Gasteiger partial charge >= 0.3 is 0 Å². The van der Waals surface area contributed by atoms with Gasteiger partial charge in [-0.05, 0) is 23.8 Å². The molecule has 3 N–H and O–H groups in total. The molecule has 0 aliphatic heterocycles. The summed E-state index contributed by atoms with van der Waals surface area (Å²) in [6.07, 6.45) is 0.371. The van der Waals surface area contributed by atoms with Gasteiger partial charge in [0.05, 0.1) is 0 Å². The number of nitrogens with two attached hydrogens (primary N) is 1. The second kappa shape index (κ2) is 7.04. The van der Waals surface area contributed by atoms with Crippen LogP contribution in [0.15, 0.2) is 59.1 Å². The van der Waals surface area contributed by atoms with E-state index in [2.05, 4.69) is 21.2 Å². The standard InChI is InChI=1S/C16H15BrN2O2/c17-13-8-4-7-12(10-13)16(21)19-14(15(18)20)9-11-5-2-1-3-6-11/h1-8,10,14H,9H2,(H2,18,20)(H,19,21)/t14-/m0/s1. The van der Waals surface area contributed by atoms with Crippen molar-refractivity contribution in [2.24, 2.45) is 5.73 Å². The van der Waals surface area contributed by atoms with E-state index in [-0.39, 0.29) is 5.91 Å². The van der Waals surface area contributed by atoms with Crippen molar-refractivity contribution in [3.05, 3.63) is 70.2 Å². The molecule has 0 bridgehead atoms. The van der Waals surface area contributed by atoms with Crippen molar-refractivity contribution >= 4 is 27.7 Å². The number of carbonyl (C=O) groups is 2. The highest BCUT2D eigenvalue weighted by atomic mass is 79.9. The van der Waals surface area contributed by atoms with Gasteiger partial charge in [0, 0.05) is 16.5 Å². The van der Waals surface area contributed by atoms with Crippen LogP contribution in [0, 0.1) is 0 Å². The van der Waals surface area contributed by atoms with E-state index in [9.17, 15) is 9.59 Å². The van der Waals surface area contributed by atoms with Crippen molar-refractivity contribution in [2.45, 2.75) is 12.5 Å². The fraction of sp³-hybridized carbons (Fsp3) is 0.125. The first-order valence-electron chi connectivity index (χ1n) is 6.46. The van der Waals surface area contributed by atoms with Crippen molar-refractivity contribution in [1.82, 2.24) is 5.32 Å². The zero-order chi connectivity index (χ0) is 15.2. The Morgan fingerprint density at radius 1 is 1.10 bits per heavy atom. The molecular formula is C16H15BrN2O2. The highest BCUT2D eigenvalue weighted by molar-refractivity contribution is 9.10. The summed E-state index contributed by atoms with van der Waals surface area (Å²) in [7, 11) is 0. The third-order valence-corrected chi connectivity index (χ3v) is 3.51. The van der Waals surface area contributed by atoms with Gasteiger partial charge in [0.1, 0.15) is 6.04 Å². The lowest BCUT2D eigenvalue weighted by Crippen LogP contribution is -2.45. The first-order chi connectivity index (χ1) is 10.1. The van der Waals surface area contributed by atoms with E-state index in [1.54, 1.807) is 18.2 Å². The van der Waals surface area contributed by atoms with Crippen LogP contribution < -0.4 is 11.1 Å². The highest BCUT2D eigenvalue weighted by Gasteiger charge is 2.19. The normalized spacial score (nSPS) is 11.7. The largest absolute Gasteiger partial charge is 0.368 e. The van der Waals surface area contributed by atoms with Crippen LogP contribution in [0.2, 0.25) is 0 Å². The molecule has 0 aliphatic rings. The van der Waals surface area contributed by atoms with E-state index < -0.39 is 11.9 Å². The van der Waals surface area contributed by atoms with Gasteiger partial charge in [0.15, 0.2) is 0 Å². The minimum Gasteiger partial charge on any atom is -0.368 e. The van der Waals surface area contributed by atoms with Gasteiger partial charge in [-0.15, -0.1) is 0 Å². The van der Waals surface area contributed by atoms with Gasteiger partial charge < -0.3 is 11.1 Å². The van der Waals surface area contributed by atoms with Crippen LogP contribution in [0.4, 0.5) is 0 Å². The fourth-order valence-corrected chi connectivity index (χ4v) is 2.34. The Bertz CT molecular complexity index is 644. The number of hydrogen-bond acceptors (Lipinski definition) is 2. The van der Waals surface area contributed by atoms with Crippen LogP contribution in [0.3, 0.4) is 0 Å². The number of halogens is 1. The van der Waals surface area contributed by atoms with Crippen LogP contribution in [0.5, 0.6) is 0 Å². The van der Waals surface area contributed by atoms with Gasteiger partial charge in [-0.25, -0.2) is 0 Å². The maximum atomic E-state index is 12.2. The number of rotatable bonds is 5. The smallest absolute Gasteiger partial charge is 0.251 e. The molecule has 0 unspecified atom stereocenters. The van der Waals surface area contributed by atoms with E-state index in [4.69, 9.17) is 5.73 Å². The van der Waals surface area contributed by atoms with Crippen LogP contribution >= 0.6 is 15.9 Å². The van der Waals surface area contributed by atoms with E-state index in [1.165, 1.54) is 0 Å². The van der Waals surface area contributed by atoms with E-state index in [0.29, 0.717) is 12.0 Å². The molecule has 1 atom stereocenters. The minimum absolute atomic E-state index is 0.323. The van der Waals surface area contributed by atoms with Gasteiger partial charge in [0.25, 0.3) is 5.91 Å². The first kappa shape index (κ1) is 15.3. The summed E-state index contributed by atoms with van der Waals surface area (Å²) >= 11 is 3.31. The van der Waals surface area contributed by atoms with E-state index in [1.807, 2.05) is 36.4 Å². The summed E-state index contributed by atoms with van der Waals surface area (Å²) in [4.78, 5) is 23.7. The molecule has 21 heavy (non-hydrogen) atoms. The van der Waals surface area contributed by atoms with Crippen LogP contribution in [0.1, 0.15) is 15.9 Å². The Labute approximate surface area is 131 Å². The summed E-state index contributed by atoms with van der Waals surface area (Å²) in [5.41, 5.74) is 6.79. The number of amides is 2. The molecule has 0 spiro atoms. The molecule has 108 valence electrons. The molecule has 0 saturated heterocycles. The summed E-state index contributed by atoms with van der Waals surface area (Å²) < 4.78 is 0.800. The predicted octanol–water partition coefficient (Wildman–Crippen LogP) is 2.28. The van der Waals surface area contributed by atoms with Gasteiger partial charge in [-0.2, -0.15) is 0 Å². The van der Waals surface area contributed by atoms with Crippen LogP contribution in [-0.4, -0.2) is 17.9 Å². The van der Waals surface area contributed by atoms with Crippen molar-refractivity contribution in [2.75, 3.05) is 0 Å². The monoisotopic (exact) mass is 346 g/mol. The molecule has 2 aromatic rings. The number of nitrogens with one attached hydrogen (secondary N) is 1. The highest BCUT2D eigenvalue weighted by Crippen LogP contribution is 2.12. The Kier molecular flexibility index (Phi) is 5.11. The van der Waals surface area contributed by atoms with E-state index >= 15 is 0 Å². The second-order valence-corrected chi connectivity index (χ2v) is 5.54. The number of benzene rings is 2. The molecule has 0 radical (unpaired) electrons. The lowest BCUT2D eigenvalue weighted by atomic mass is 10.0. The van der Waals surface area contributed by atoms with E-state index in [0.717, 1.165) is 10.0 Å². The lowest BCUT2D eigenvalue weighted by Gasteiger charge is -2.15. The van der Waals surface area contributed by atoms with Gasteiger partial charge in [0.2, 0.25) is 5.91 Å². The summed E-state index contributed by atoms with van der Waals surface area (Å²) in [5, 5.41) is 2.67. The summed E-state index contributed by atoms with van der Waals surface area (Å²) in [5.74, 6) is -0.877. The van der Waals surface area contributed by atoms with Gasteiger partial charge in [-0.1, -0.05) is 52.3 Å². The Morgan fingerprint density at radius 2 is 1.81 bits per heavy atom. The topological polar surface area (TPSA) is 72.2 Å². The number of carbonyl (C=O) groups excluding carboxylic acids is 2. The Balaban J connectivity index is 2.10. The molecule has 2 aromatic carbocycles. The molecule has 0 aromatic heterocycles. The zero-order valence-corrected chi connectivity index (χ0v) is 12.8. The molecule has 0 saturated carbocycles. The van der Waals surface area contributed by atoms with Gasteiger partial charge in [-0.3, -0.25) is 9.59 Å². The quantitative estimate of drug-likeness (QED) is 0.871. The average molecular weight is 347 g/mol. The maximum absolute atomic E-state index is 12.2. The SMILES string of the molecule is NC(=O)[C@H](Cc1ccccc1)NC(=O)c1cccc(Br)c1. The number of primary amides is 1. The Hall–Kier alpha value is -2.14. The van der Waals surface area contributed by atoms with Crippen molar-refractivity contribution < 1.29 is 9.59 Å². The molecule has 0 fully saturated rings. The maximum Gasteiger partial charge on any atom is 0.251 e.